The molecule has 0 saturated carbocycles. The zero-order valence-corrected chi connectivity index (χ0v) is 18.9. The van der Waals surface area contributed by atoms with E-state index in [1.807, 2.05) is 66.7 Å². The minimum absolute atomic E-state index is 0.156. The van der Waals surface area contributed by atoms with Gasteiger partial charge in [0.25, 0.3) is 0 Å². The molecule has 2 aromatic heterocycles. The number of hydrogen-bond donors (Lipinski definition) is 2. The van der Waals surface area contributed by atoms with Crippen molar-refractivity contribution in [2.24, 2.45) is 5.92 Å². The molecule has 2 unspecified atom stereocenters. The van der Waals surface area contributed by atoms with Crippen LogP contribution in [-0.2, 0) is 11.4 Å². The van der Waals surface area contributed by atoms with Gasteiger partial charge < -0.3 is 15.0 Å². The number of imidazole rings is 1. The van der Waals surface area contributed by atoms with Crippen molar-refractivity contribution in [1.29, 1.82) is 0 Å². The molecule has 2 atom stereocenters. The van der Waals surface area contributed by atoms with Crippen LogP contribution >= 0.6 is 0 Å². The van der Waals surface area contributed by atoms with E-state index in [1.54, 1.807) is 18.3 Å². The molecule has 2 heterocycles. The number of carbonyl (C=O) groups is 1. The van der Waals surface area contributed by atoms with Crippen molar-refractivity contribution >= 4 is 23.0 Å². The number of pyridine rings is 1. The Hall–Kier alpha value is -3.93. The van der Waals surface area contributed by atoms with Crippen LogP contribution in [0.5, 0.6) is 5.75 Å². The van der Waals surface area contributed by atoms with Gasteiger partial charge in [0.15, 0.2) is 0 Å². The number of H-pyrrole nitrogens is 1. The molecular weight excluding hydrogens is 412 g/mol. The van der Waals surface area contributed by atoms with Crippen molar-refractivity contribution in [3.8, 4) is 5.75 Å². The molecule has 1 amide bonds. The molecule has 0 radical (unpaired) electrons. The summed E-state index contributed by atoms with van der Waals surface area (Å²) in [5, 5.41) is 3.11. The number of nitrogens with zero attached hydrogens (tertiary/aromatic N) is 2. The van der Waals surface area contributed by atoms with Crippen molar-refractivity contribution in [3.05, 3.63) is 96.1 Å². The highest BCUT2D eigenvalue weighted by atomic mass is 16.5. The van der Waals surface area contributed by atoms with Gasteiger partial charge in [0, 0.05) is 12.3 Å². The van der Waals surface area contributed by atoms with Gasteiger partial charge in [-0.15, -0.1) is 0 Å². The van der Waals surface area contributed by atoms with E-state index in [0.29, 0.717) is 6.61 Å². The highest BCUT2D eigenvalue weighted by Gasteiger charge is 2.22. The first-order chi connectivity index (χ1) is 16.1. The summed E-state index contributed by atoms with van der Waals surface area (Å²) in [6.45, 7) is 4.64. The van der Waals surface area contributed by atoms with Crippen molar-refractivity contribution in [3.63, 3.8) is 0 Å². The lowest BCUT2D eigenvalue weighted by Crippen LogP contribution is -2.32. The smallest absolute Gasteiger partial charge is 0.244 e. The highest BCUT2D eigenvalue weighted by molar-refractivity contribution is 5.92. The van der Waals surface area contributed by atoms with E-state index in [2.05, 4.69) is 34.1 Å². The lowest BCUT2D eigenvalue weighted by Gasteiger charge is -2.21. The molecule has 0 fully saturated rings. The third-order valence-corrected chi connectivity index (χ3v) is 5.63. The first kappa shape index (κ1) is 22.3. The number of amides is 1. The number of ether oxygens (including phenoxy) is 1. The maximum atomic E-state index is 12.7. The van der Waals surface area contributed by atoms with Crippen LogP contribution in [0.4, 0.5) is 0 Å². The third kappa shape index (κ3) is 5.86. The van der Waals surface area contributed by atoms with Crippen LogP contribution in [-0.4, -0.2) is 20.9 Å². The van der Waals surface area contributed by atoms with Crippen molar-refractivity contribution in [1.82, 2.24) is 20.3 Å². The molecule has 0 aliphatic heterocycles. The molecule has 2 N–H and O–H groups in total. The van der Waals surface area contributed by atoms with Crippen molar-refractivity contribution < 1.29 is 9.53 Å². The Labute approximate surface area is 193 Å². The van der Waals surface area contributed by atoms with Gasteiger partial charge in [-0.2, -0.15) is 0 Å². The number of hydrogen-bond acceptors (Lipinski definition) is 4. The Balaban J connectivity index is 1.38. The predicted molar refractivity (Wildman–Crippen MR) is 130 cm³/mol. The summed E-state index contributed by atoms with van der Waals surface area (Å²) in [5.74, 6) is 1.61. The average Bonchev–Trinajstić information content (AvgIpc) is 3.29. The van der Waals surface area contributed by atoms with E-state index in [0.717, 1.165) is 40.3 Å². The van der Waals surface area contributed by atoms with Gasteiger partial charge in [0.2, 0.25) is 5.91 Å². The fourth-order valence-electron chi connectivity index (χ4n) is 3.52. The number of carbonyl (C=O) groups excluding carboxylic acids is 1. The molecule has 33 heavy (non-hydrogen) atoms. The summed E-state index contributed by atoms with van der Waals surface area (Å²) < 4.78 is 5.76. The lowest BCUT2D eigenvalue weighted by molar-refractivity contribution is -0.117. The van der Waals surface area contributed by atoms with Crippen LogP contribution in [0.3, 0.4) is 0 Å². The predicted octanol–water partition coefficient (Wildman–Crippen LogP) is 5.45. The summed E-state index contributed by atoms with van der Waals surface area (Å²) >= 11 is 0. The van der Waals surface area contributed by atoms with Gasteiger partial charge in [0.05, 0.1) is 22.8 Å². The van der Waals surface area contributed by atoms with Gasteiger partial charge in [0.1, 0.15) is 18.2 Å². The van der Waals surface area contributed by atoms with E-state index in [1.165, 1.54) is 0 Å². The monoisotopic (exact) mass is 440 g/mol. The Kier molecular flexibility index (Phi) is 7.15. The minimum Gasteiger partial charge on any atom is -0.487 e. The zero-order valence-electron chi connectivity index (χ0n) is 18.9. The number of nitrogens with one attached hydrogen (secondary N) is 2. The van der Waals surface area contributed by atoms with Gasteiger partial charge in [-0.1, -0.05) is 50.6 Å². The molecule has 0 spiro atoms. The average molecular weight is 441 g/mol. The second-order valence-electron chi connectivity index (χ2n) is 8.02. The Bertz CT molecular complexity index is 1180. The summed E-state index contributed by atoms with van der Waals surface area (Å²) in [6, 6.07) is 21.0. The van der Waals surface area contributed by atoms with Gasteiger partial charge in [-0.25, -0.2) is 4.98 Å². The van der Waals surface area contributed by atoms with Crippen LogP contribution in [0.25, 0.3) is 17.1 Å². The highest BCUT2D eigenvalue weighted by Crippen LogP contribution is 2.24. The molecule has 4 rings (SSSR count). The fourth-order valence-corrected chi connectivity index (χ4v) is 3.52. The number of rotatable bonds is 9. The van der Waals surface area contributed by atoms with Crippen molar-refractivity contribution in [2.45, 2.75) is 32.9 Å². The molecule has 6 heteroatoms. The maximum Gasteiger partial charge on any atom is 0.244 e. The Morgan fingerprint density at radius 1 is 1.09 bits per heavy atom. The van der Waals surface area contributed by atoms with Gasteiger partial charge in [-0.3, -0.25) is 9.78 Å². The van der Waals surface area contributed by atoms with E-state index >= 15 is 0 Å². The molecule has 168 valence electrons. The Morgan fingerprint density at radius 2 is 1.88 bits per heavy atom. The first-order valence-electron chi connectivity index (χ1n) is 11.2. The third-order valence-electron chi connectivity index (χ3n) is 5.63. The van der Waals surface area contributed by atoms with Crippen LogP contribution in [0.1, 0.15) is 43.4 Å². The molecular formula is C27H28N4O2. The van der Waals surface area contributed by atoms with Crippen molar-refractivity contribution in [2.75, 3.05) is 0 Å². The quantitative estimate of drug-likeness (QED) is 0.339. The van der Waals surface area contributed by atoms with E-state index in [-0.39, 0.29) is 17.9 Å². The number of fused-ring (bicyclic) bond motifs is 1. The van der Waals surface area contributed by atoms with E-state index < -0.39 is 0 Å². The summed E-state index contributed by atoms with van der Waals surface area (Å²) in [6.07, 6.45) is 6.02. The van der Waals surface area contributed by atoms with Crippen LogP contribution in [0.15, 0.2) is 79.0 Å². The summed E-state index contributed by atoms with van der Waals surface area (Å²) in [5.41, 5.74) is 3.66. The summed E-state index contributed by atoms with van der Waals surface area (Å²) in [4.78, 5) is 25.0. The molecule has 0 aliphatic rings. The SMILES string of the molecule is CCC(C)C(NC(=O)C=Cc1ccc(OCc2ccccn2)cc1)c1nc2ccccc2[nH]1. The van der Waals surface area contributed by atoms with Crippen LogP contribution < -0.4 is 10.1 Å². The second kappa shape index (κ2) is 10.6. The molecule has 2 aromatic carbocycles. The molecule has 4 aromatic rings. The Morgan fingerprint density at radius 3 is 2.61 bits per heavy atom. The normalized spacial score (nSPS) is 13.2. The molecule has 6 nitrogen and oxygen atoms in total. The molecule has 0 saturated heterocycles. The molecule has 0 aliphatic carbocycles. The largest absolute Gasteiger partial charge is 0.487 e. The standard InChI is InChI=1S/C27H28N4O2/c1-3-19(2)26(27-29-23-9-4-5-10-24(23)30-27)31-25(32)16-13-20-11-14-22(15-12-20)33-18-21-8-6-7-17-28-21/h4-17,19,26H,3,18H2,1-2H3,(H,29,30)(H,31,32). The first-order valence-corrected chi connectivity index (χ1v) is 11.2. The van der Waals surface area contributed by atoms with Crippen LogP contribution in [0, 0.1) is 5.92 Å². The fraction of sp³-hybridized carbons (Fsp3) is 0.222. The number of para-hydroxylation sites is 2. The number of aromatic nitrogens is 3. The van der Waals surface area contributed by atoms with Gasteiger partial charge in [-0.05, 0) is 54.0 Å². The lowest BCUT2D eigenvalue weighted by atomic mass is 9.98. The second-order valence-corrected chi connectivity index (χ2v) is 8.02. The maximum absolute atomic E-state index is 12.7. The van der Waals surface area contributed by atoms with Gasteiger partial charge >= 0.3 is 0 Å². The number of aromatic amines is 1. The number of benzene rings is 2. The van der Waals surface area contributed by atoms with E-state index in [9.17, 15) is 4.79 Å². The van der Waals surface area contributed by atoms with Crippen LogP contribution in [0.2, 0.25) is 0 Å². The minimum atomic E-state index is -0.193. The molecule has 0 bridgehead atoms. The summed E-state index contributed by atoms with van der Waals surface area (Å²) in [7, 11) is 0. The topological polar surface area (TPSA) is 79.9 Å². The zero-order chi connectivity index (χ0) is 23.0. The van der Waals surface area contributed by atoms with E-state index in [4.69, 9.17) is 4.74 Å².